The van der Waals surface area contributed by atoms with Crippen LogP contribution in [0.25, 0.3) is 6.08 Å². The SMILES string of the molecule is O=C1NC(=NC2CCCC2)S/C1=C/c1ccc(O)c(Br)c1. The molecule has 4 nitrogen and oxygen atoms in total. The van der Waals surface area contributed by atoms with Crippen LogP contribution in [0.2, 0.25) is 0 Å². The molecule has 0 bridgehead atoms. The Balaban J connectivity index is 1.77. The molecule has 1 saturated carbocycles. The van der Waals surface area contributed by atoms with Crippen molar-refractivity contribution in [1.82, 2.24) is 5.32 Å². The van der Waals surface area contributed by atoms with E-state index in [1.807, 2.05) is 0 Å². The average Bonchev–Trinajstić information content (AvgIpc) is 3.05. The normalized spacial score (nSPS) is 23.2. The van der Waals surface area contributed by atoms with Crippen LogP contribution in [0.1, 0.15) is 31.2 Å². The number of rotatable bonds is 2. The molecule has 110 valence electrons. The molecule has 6 heteroatoms. The fourth-order valence-electron chi connectivity index (χ4n) is 2.45. The fraction of sp³-hybridized carbons (Fsp3) is 0.333. The number of carbonyl (C=O) groups excluding carboxylic acids is 1. The van der Waals surface area contributed by atoms with Crippen molar-refractivity contribution in [2.75, 3.05) is 0 Å². The second-order valence-electron chi connectivity index (χ2n) is 5.15. The van der Waals surface area contributed by atoms with Gasteiger partial charge in [0, 0.05) is 0 Å². The highest BCUT2D eigenvalue weighted by molar-refractivity contribution is 9.10. The summed E-state index contributed by atoms with van der Waals surface area (Å²) in [6.07, 6.45) is 6.49. The van der Waals surface area contributed by atoms with Crippen LogP contribution in [0.3, 0.4) is 0 Å². The highest BCUT2D eigenvalue weighted by Gasteiger charge is 2.25. The van der Waals surface area contributed by atoms with Gasteiger partial charge in [-0.25, -0.2) is 0 Å². The number of carbonyl (C=O) groups is 1. The molecule has 1 heterocycles. The van der Waals surface area contributed by atoms with E-state index in [1.54, 1.807) is 24.3 Å². The van der Waals surface area contributed by atoms with Gasteiger partial charge in [0.2, 0.25) is 0 Å². The van der Waals surface area contributed by atoms with E-state index in [1.165, 1.54) is 24.6 Å². The first-order valence-electron chi connectivity index (χ1n) is 6.89. The van der Waals surface area contributed by atoms with Crippen molar-refractivity contribution in [3.63, 3.8) is 0 Å². The van der Waals surface area contributed by atoms with Crippen molar-refractivity contribution in [2.45, 2.75) is 31.7 Å². The number of thioether (sulfide) groups is 1. The molecule has 0 atom stereocenters. The summed E-state index contributed by atoms with van der Waals surface area (Å²) in [7, 11) is 0. The van der Waals surface area contributed by atoms with E-state index in [-0.39, 0.29) is 11.7 Å². The largest absolute Gasteiger partial charge is 0.507 e. The second-order valence-corrected chi connectivity index (χ2v) is 7.03. The Morgan fingerprint density at radius 3 is 2.86 bits per heavy atom. The van der Waals surface area contributed by atoms with E-state index in [0.29, 0.717) is 20.6 Å². The zero-order valence-electron chi connectivity index (χ0n) is 11.3. The number of amides is 1. The molecular weight excluding hydrogens is 352 g/mol. The van der Waals surface area contributed by atoms with E-state index in [0.717, 1.165) is 18.4 Å². The van der Waals surface area contributed by atoms with Crippen molar-refractivity contribution in [3.8, 4) is 5.75 Å². The molecule has 0 radical (unpaired) electrons. The molecule has 1 amide bonds. The first kappa shape index (κ1) is 14.7. The van der Waals surface area contributed by atoms with Gasteiger partial charge in [0.25, 0.3) is 5.91 Å². The predicted molar refractivity (Wildman–Crippen MR) is 89.2 cm³/mol. The number of aliphatic imine (C=N–C) groups is 1. The number of nitrogens with zero attached hydrogens (tertiary/aromatic N) is 1. The number of halogens is 1. The summed E-state index contributed by atoms with van der Waals surface area (Å²) in [6.45, 7) is 0. The van der Waals surface area contributed by atoms with Crippen LogP contribution in [0.4, 0.5) is 0 Å². The summed E-state index contributed by atoms with van der Waals surface area (Å²) >= 11 is 4.65. The van der Waals surface area contributed by atoms with Gasteiger partial charge < -0.3 is 10.4 Å². The Morgan fingerprint density at radius 1 is 1.38 bits per heavy atom. The first-order chi connectivity index (χ1) is 10.1. The molecule has 3 rings (SSSR count). The molecular formula is C15H15BrN2O2S. The molecule has 1 aliphatic carbocycles. The molecule has 2 fully saturated rings. The molecule has 1 saturated heterocycles. The molecule has 2 N–H and O–H groups in total. The van der Waals surface area contributed by atoms with Gasteiger partial charge in [0.1, 0.15) is 5.75 Å². The van der Waals surface area contributed by atoms with E-state index in [4.69, 9.17) is 0 Å². The number of phenols is 1. The van der Waals surface area contributed by atoms with Crippen LogP contribution in [0.5, 0.6) is 5.75 Å². The monoisotopic (exact) mass is 366 g/mol. The molecule has 1 aromatic carbocycles. The number of hydrogen-bond donors (Lipinski definition) is 2. The third-order valence-electron chi connectivity index (χ3n) is 3.54. The predicted octanol–water partition coefficient (Wildman–Crippen LogP) is 3.66. The lowest BCUT2D eigenvalue weighted by Gasteiger charge is -2.02. The number of nitrogens with one attached hydrogen (secondary N) is 1. The van der Waals surface area contributed by atoms with Gasteiger partial charge in [-0.15, -0.1) is 0 Å². The van der Waals surface area contributed by atoms with E-state index < -0.39 is 0 Å². The topological polar surface area (TPSA) is 61.7 Å². The van der Waals surface area contributed by atoms with E-state index in [9.17, 15) is 9.90 Å². The molecule has 0 spiro atoms. The zero-order valence-corrected chi connectivity index (χ0v) is 13.7. The number of aromatic hydroxyl groups is 1. The van der Waals surface area contributed by atoms with Crippen LogP contribution < -0.4 is 5.32 Å². The summed E-state index contributed by atoms with van der Waals surface area (Å²) in [6, 6.07) is 5.51. The van der Waals surface area contributed by atoms with Crippen molar-refractivity contribution < 1.29 is 9.90 Å². The lowest BCUT2D eigenvalue weighted by Crippen LogP contribution is -2.21. The first-order valence-corrected chi connectivity index (χ1v) is 8.50. The molecule has 21 heavy (non-hydrogen) atoms. The average molecular weight is 367 g/mol. The van der Waals surface area contributed by atoms with Gasteiger partial charge in [-0.3, -0.25) is 9.79 Å². The van der Waals surface area contributed by atoms with Gasteiger partial charge in [-0.05, 0) is 64.3 Å². The minimum absolute atomic E-state index is 0.110. The zero-order chi connectivity index (χ0) is 14.8. The minimum atomic E-state index is -0.110. The fourth-order valence-corrected chi connectivity index (χ4v) is 3.74. The highest BCUT2D eigenvalue weighted by Crippen LogP contribution is 2.31. The van der Waals surface area contributed by atoms with Crippen LogP contribution in [-0.4, -0.2) is 22.2 Å². The maximum Gasteiger partial charge on any atom is 0.264 e. The third kappa shape index (κ3) is 3.49. The van der Waals surface area contributed by atoms with Gasteiger partial charge in [0.05, 0.1) is 15.4 Å². The van der Waals surface area contributed by atoms with Crippen LogP contribution in [0, 0.1) is 0 Å². The number of hydrogen-bond acceptors (Lipinski definition) is 4. The Kier molecular flexibility index (Phi) is 4.35. The smallest absolute Gasteiger partial charge is 0.264 e. The third-order valence-corrected chi connectivity index (χ3v) is 5.10. The summed E-state index contributed by atoms with van der Waals surface area (Å²) in [5.41, 5.74) is 0.861. The number of benzene rings is 1. The summed E-state index contributed by atoms with van der Waals surface area (Å²) in [5.74, 6) is 0.0742. The standard InChI is InChI=1S/C15H15BrN2O2S/c16-11-7-9(5-6-12(11)19)8-13-14(20)18-15(21-13)17-10-3-1-2-4-10/h5-8,10,19H,1-4H2,(H,17,18,20)/b13-8+. The molecule has 0 unspecified atom stereocenters. The summed E-state index contributed by atoms with van der Waals surface area (Å²) in [4.78, 5) is 17.2. The second kappa shape index (κ2) is 6.23. The van der Waals surface area contributed by atoms with Gasteiger partial charge in [-0.2, -0.15) is 0 Å². The number of phenolic OH excluding ortho intramolecular Hbond substituents is 1. The lowest BCUT2D eigenvalue weighted by atomic mass is 10.2. The Bertz CT molecular complexity index is 637. The van der Waals surface area contributed by atoms with Crippen LogP contribution >= 0.6 is 27.7 Å². The molecule has 2 aliphatic rings. The van der Waals surface area contributed by atoms with Crippen LogP contribution in [-0.2, 0) is 4.79 Å². The minimum Gasteiger partial charge on any atom is -0.507 e. The Labute approximate surface area is 135 Å². The van der Waals surface area contributed by atoms with Crippen molar-refractivity contribution in [1.29, 1.82) is 0 Å². The lowest BCUT2D eigenvalue weighted by molar-refractivity contribution is -0.115. The summed E-state index contributed by atoms with van der Waals surface area (Å²) < 4.78 is 0.611. The van der Waals surface area contributed by atoms with E-state index in [2.05, 4.69) is 26.2 Å². The van der Waals surface area contributed by atoms with E-state index >= 15 is 0 Å². The van der Waals surface area contributed by atoms with Gasteiger partial charge in [-0.1, -0.05) is 18.9 Å². The Hall–Kier alpha value is -1.27. The highest BCUT2D eigenvalue weighted by atomic mass is 79.9. The van der Waals surface area contributed by atoms with Gasteiger partial charge >= 0.3 is 0 Å². The van der Waals surface area contributed by atoms with Crippen molar-refractivity contribution >= 4 is 44.8 Å². The number of amidine groups is 1. The maximum absolute atomic E-state index is 12.0. The summed E-state index contributed by atoms with van der Waals surface area (Å²) in [5, 5.41) is 13.0. The van der Waals surface area contributed by atoms with Gasteiger partial charge in [0.15, 0.2) is 5.17 Å². The molecule has 0 aromatic heterocycles. The maximum atomic E-state index is 12.0. The molecule has 1 aromatic rings. The Morgan fingerprint density at radius 2 is 2.14 bits per heavy atom. The van der Waals surface area contributed by atoms with Crippen LogP contribution in [0.15, 0.2) is 32.6 Å². The van der Waals surface area contributed by atoms with Crippen molar-refractivity contribution in [2.24, 2.45) is 4.99 Å². The van der Waals surface area contributed by atoms with Crippen molar-refractivity contribution in [3.05, 3.63) is 33.1 Å². The molecule has 1 aliphatic heterocycles. The quantitative estimate of drug-likeness (QED) is 0.785.